The topological polar surface area (TPSA) is 72.4 Å². The molecular formula is C15H18ClN3O3S2. The van der Waals surface area contributed by atoms with Crippen LogP contribution in [0.1, 0.15) is 23.6 Å². The summed E-state index contributed by atoms with van der Waals surface area (Å²) in [5.74, 6) is 0. The molecule has 2 atom stereocenters. The van der Waals surface area contributed by atoms with Gasteiger partial charge in [0.25, 0.3) is 0 Å². The normalized spacial score (nSPS) is 22.6. The van der Waals surface area contributed by atoms with Crippen molar-refractivity contribution in [2.45, 2.75) is 30.0 Å². The first-order valence-corrected chi connectivity index (χ1v) is 10.6. The molecule has 6 nitrogen and oxygen atoms in total. The standard InChI is InChI=1S/C15H18ClN3O3S2/c1-10-9-22-13(11-5-3-4-6-12(11)16)7-19(10)8-14-17-18-15(23-14)24(2,20)21/h3-6,10,13H,7-9H2,1-2H3/t10-,13+/m1/s1. The highest BCUT2D eigenvalue weighted by Crippen LogP contribution is 2.31. The van der Waals surface area contributed by atoms with Crippen LogP contribution >= 0.6 is 22.9 Å². The zero-order valence-electron chi connectivity index (χ0n) is 13.3. The van der Waals surface area contributed by atoms with Gasteiger partial charge in [0.15, 0.2) is 0 Å². The van der Waals surface area contributed by atoms with Gasteiger partial charge in [-0.15, -0.1) is 10.2 Å². The minimum absolute atomic E-state index is 0.0565. The summed E-state index contributed by atoms with van der Waals surface area (Å²) in [5, 5.41) is 9.15. The van der Waals surface area contributed by atoms with Crippen molar-refractivity contribution >= 4 is 32.8 Å². The maximum Gasteiger partial charge on any atom is 0.232 e. The fourth-order valence-electron chi connectivity index (χ4n) is 2.58. The van der Waals surface area contributed by atoms with Gasteiger partial charge >= 0.3 is 0 Å². The second-order valence-corrected chi connectivity index (χ2v) is 9.51. The summed E-state index contributed by atoms with van der Waals surface area (Å²) in [6.45, 7) is 3.85. The first kappa shape index (κ1) is 17.8. The second kappa shape index (κ2) is 7.05. The average Bonchev–Trinajstić information content (AvgIpc) is 2.99. The Kier molecular flexibility index (Phi) is 5.22. The molecule has 0 aliphatic carbocycles. The van der Waals surface area contributed by atoms with Crippen LogP contribution in [-0.4, -0.2) is 49.0 Å². The SMILES string of the molecule is C[C@@H]1CO[C@H](c2ccccc2Cl)CN1Cc1nnc(S(C)(=O)=O)s1. The van der Waals surface area contributed by atoms with Gasteiger partial charge in [0, 0.05) is 29.4 Å². The molecule has 0 bridgehead atoms. The van der Waals surface area contributed by atoms with Gasteiger partial charge < -0.3 is 4.74 Å². The van der Waals surface area contributed by atoms with Crippen molar-refractivity contribution in [3.8, 4) is 0 Å². The molecule has 0 spiro atoms. The number of sulfone groups is 1. The Hall–Kier alpha value is -1.06. The monoisotopic (exact) mass is 387 g/mol. The number of ether oxygens (including phenoxy) is 1. The predicted octanol–water partition coefficient (Wildman–Crippen LogP) is 2.56. The van der Waals surface area contributed by atoms with E-state index in [1.54, 1.807) is 0 Å². The molecule has 1 saturated heterocycles. The molecule has 1 aliphatic heterocycles. The van der Waals surface area contributed by atoms with E-state index >= 15 is 0 Å². The Balaban J connectivity index is 1.75. The summed E-state index contributed by atoms with van der Waals surface area (Å²) < 4.78 is 29.1. The van der Waals surface area contributed by atoms with Gasteiger partial charge in [-0.3, -0.25) is 4.90 Å². The van der Waals surface area contributed by atoms with E-state index in [9.17, 15) is 8.42 Å². The van der Waals surface area contributed by atoms with E-state index < -0.39 is 9.84 Å². The van der Waals surface area contributed by atoms with Crippen LogP contribution in [0.3, 0.4) is 0 Å². The van der Waals surface area contributed by atoms with E-state index in [4.69, 9.17) is 16.3 Å². The molecule has 3 rings (SSSR count). The molecule has 1 aromatic heterocycles. The highest BCUT2D eigenvalue weighted by atomic mass is 35.5. The van der Waals surface area contributed by atoms with Crippen LogP contribution in [0.4, 0.5) is 0 Å². The molecule has 2 heterocycles. The summed E-state index contributed by atoms with van der Waals surface area (Å²) in [4.78, 5) is 2.21. The maximum atomic E-state index is 11.5. The van der Waals surface area contributed by atoms with Crippen molar-refractivity contribution in [3.05, 3.63) is 39.9 Å². The molecular weight excluding hydrogens is 370 g/mol. The fraction of sp³-hybridized carbons (Fsp3) is 0.467. The summed E-state index contributed by atoms with van der Waals surface area (Å²) in [5.41, 5.74) is 0.963. The molecule has 9 heteroatoms. The number of nitrogens with zero attached hydrogens (tertiary/aromatic N) is 3. The van der Waals surface area contributed by atoms with Crippen LogP contribution in [0.5, 0.6) is 0 Å². The van der Waals surface area contributed by atoms with E-state index in [0.717, 1.165) is 23.2 Å². The van der Waals surface area contributed by atoms with E-state index in [2.05, 4.69) is 22.0 Å². The van der Waals surface area contributed by atoms with Crippen molar-refractivity contribution < 1.29 is 13.2 Å². The quantitative estimate of drug-likeness (QED) is 0.802. The molecule has 0 amide bonds. The molecule has 0 radical (unpaired) electrons. The predicted molar refractivity (Wildman–Crippen MR) is 93.0 cm³/mol. The molecule has 0 N–H and O–H groups in total. The molecule has 0 saturated carbocycles. The van der Waals surface area contributed by atoms with Crippen LogP contribution in [0.15, 0.2) is 28.6 Å². The molecule has 24 heavy (non-hydrogen) atoms. The third-order valence-electron chi connectivity index (χ3n) is 3.92. The van der Waals surface area contributed by atoms with Gasteiger partial charge in [-0.1, -0.05) is 41.1 Å². The average molecular weight is 388 g/mol. The zero-order valence-corrected chi connectivity index (χ0v) is 15.7. The fourth-order valence-corrected chi connectivity index (χ4v) is 4.51. The van der Waals surface area contributed by atoms with Crippen LogP contribution in [0, 0.1) is 0 Å². The summed E-state index contributed by atoms with van der Waals surface area (Å²) in [6, 6.07) is 7.85. The second-order valence-electron chi connectivity index (χ2n) is 5.86. The molecule has 2 aromatic rings. The maximum absolute atomic E-state index is 11.5. The first-order chi connectivity index (χ1) is 11.3. The van der Waals surface area contributed by atoms with E-state index in [0.29, 0.717) is 29.7 Å². The minimum atomic E-state index is -3.31. The summed E-state index contributed by atoms with van der Waals surface area (Å²) in [7, 11) is -3.31. The van der Waals surface area contributed by atoms with Gasteiger partial charge in [-0.25, -0.2) is 8.42 Å². The third kappa shape index (κ3) is 3.94. The van der Waals surface area contributed by atoms with Crippen molar-refractivity contribution in [1.29, 1.82) is 0 Å². The smallest absolute Gasteiger partial charge is 0.232 e. The third-order valence-corrected chi connectivity index (χ3v) is 6.84. The lowest BCUT2D eigenvalue weighted by molar-refractivity contribution is -0.0633. The number of hydrogen-bond acceptors (Lipinski definition) is 7. The lowest BCUT2D eigenvalue weighted by Crippen LogP contribution is -2.44. The van der Waals surface area contributed by atoms with Gasteiger partial charge in [0.1, 0.15) is 5.01 Å². The van der Waals surface area contributed by atoms with Gasteiger partial charge in [-0.05, 0) is 13.0 Å². The van der Waals surface area contributed by atoms with Gasteiger partial charge in [0.05, 0.1) is 19.3 Å². The van der Waals surface area contributed by atoms with Gasteiger partial charge in [0.2, 0.25) is 14.2 Å². The van der Waals surface area contributed by atoms with E-state index in [1.807, 2.05) is 24.3 Å². The number of morpholine rings is 1. The number of rotatable bonds is 4. The summed E-state index contributed by atoms with van der Waals surface area (Å²) >= 11 is 7.39. The molecule has 130 valence electrons. The number of halogens is 1. The van der Waals surface area contributed by atoms with Crippen LogP contribution in [0.25, 0.3) is 0 Å². The van der Waals surface area contributed by atoms with Crippen molar-refractivity contribution in [1.82, 2.24) is 15.1 Å². The first-order valence-electron chi connectivity index (χ1n) is 7.47. The highest BCUT2D eigenvalue weighted by Gasteiger charge is 2.29. The Morgan fingerprint density at radius 1 is 1.38 bits per heavy atom. The Bertz CT molecular complexity index is 825. The van der Waals surface area contributed by atoms with Crippen LogP contribution in [0.2, 0.25) is 5.02 Å². The van der Waals surface area contributed by atoms with E-state index in [-0.39, 0.29) is 16.5 Å². The Morgan fingerprint density at radius 3 is 2.79 bits per heavy atom. The van der Waals surface area contributed by atoms with Gasteiger partial charge in [-0.2, -0.15) is 0 Å². The lowest BCUT2D eigenvalue weighted by Gasteiger charge is -2.37. The molecule has 1 aliphatic rings. The number of hydrogen-bond donors (Lipinski definition) is 0. The van der Waals surface area contributed by atoms with Crippen molar-refractivity contribution in [2.75, 3.05) is 19.4 Å². The van der Waals surface area contributed by atoms with E-state index in [1.165, 1.54) is 0 Å². The Labute approximate surface area is 150 Å². The molecule has 1 aromatic carbocycles. The molecule has 0 unspecified atom stereocenters. The number of benzene rings is 1. The Morgan fingerprint density at radius 2 is 2.12 bits per heavy atom. The van der Waals surface area contributed by atoms with Crippen LogP contribution in [-0.2, 0) is 21.1 Å². The minimum Gasteiger partial charge on any atom is -0.371 e. The number of aromatic nitrogens is 2. The molecule has 1 fully saturated rings. The lowest BCUT2D eigenvalue weighted by atomic mass is 10.1. The summed E-state index contributed by atoms with van der Waals surface area (Å²) in [6.07, 6.45) is 1.03. The van der Waals surface area contributed by atoms with Crippen molar-refractivity contribution in [2.24, 2.45) is 0 Å². The largest absolute Gasteiger partial charge is 0.371 e. The van der Waals surface area contributed by atoms with Crippen LogP contribution < -0.4 is 0 Å². The zero-order chi connectivity index (χ0) is 17.3. The van der Waals surface area contributed by atoms with Crippen molar-refractivity contribution in [3.63, 3.8) is 0 Å². The highest BCUT2D eigenvalue weighted by molar-refractivity contribution is 7.92.